The minimum absolute atomic E-state index is 0.0247. The molecule has 0 spiro atoms. The SMILES string of the molecule is COc1cc(F)c(CCc2ccc(C#Cc3ccc4c(F)c(F)c(F)cc4c3)c(F)c2)c(F)c1. The van der Waals surface area contributed by atoms with Crippen LogP contribution in [0, 0.1) is 46.7 Å². The highest BCUT2D eigenvalue weighted by molar-refractivity contribution is 5.84. The van der Waals surface area contributed by atoms with Gasteiger partial charge in [-0.15, -0.1) is 0 Å². The van der Waals surface area contributed by atoms with E-state index >= 15 is 0 Å². The van der Waals surface area contributed by atoms with E-state index in [0.29, 0.717) is 11.1 Å². The number of halogens is 6. The van der Waals surface area contributed by atoms with E-state index in [1.807, 2.05) is 0 Å². The zero-order chi connectivity index (χ0) is 24.4. The quantitative estimate of drug-likeness (QED) is 0.180. The molecule has 0 saturated heterocycles. The molecule has 0 atom stereocenters. The van der Waals surface area contributed by atoms with Crippen molar-refractivity contribution in [3.63, 3.8) is 0 Å². The van der Waals surface area contributed by atoms with Crippen LogP contribution < -0.4 is 4.74 Å². The van der Waals surface area contributed by atoms with Gasteiger partial charge in [0.05, 0.1) is 12.7 Å². The zero-order valence-corrected chi connectivity index (χ0v) is 17.8. The molecule has 1 nitrogen and oxygen atoms in total. The summed E-state index contributed by atoms with van der Waals surface area (Å²) in [7, 11) is 1.31. The van der Waals surface area contributed by atoms with E-state index in [4.69, 9.17) is 4.74 Å². The summed E-state index contributed by atoms with van der Waals surface area (Å²) in [6, 6.07) is 11.4. The Morgan fingerprint density at radius 2 is 1.41 bits per heavy atom. The first kappa shape index (κ1) is 23.2. The first-order valence-electron chi connectivity index (χ1n) is 10.2. The maximum atomic E-state index is 14.5. The maximum Gasteiger partial charge on any atom is 0.195 e. The van der Waals surface area contributed by atoms with Crippen molar-refractivity contribution in [1.82, 2.24) is 0 Å². The van der Waals surface area contributed by atoms with Gasteiger partial charge in [-0.3, -0.25) is 0 Å². The summed E-state index contributed by atoms with van der Waals surface area (Å²) in [4.78, 5) is 0. The number of hydrogen-bond donors (Lipinski definition) is 0. The minimum atomic E-state index is -1.55. The molecule has 172 valence electrons. The Labute approximate surface area is 191 Å². The molecule has 0 aliphatic carbocycles. The van der Waals surface area contributed by atoms with E-state index in [2.05, 4.69) is 11.8 Å². The highest BCUT2D eigenvalue weighted by atomic mass is 19.2. The summed E-state index contributed by atoms with van der Waals surface area (Å²) >= 11 is 0. The summed E-state index contributed by atoms with van der Waals surface area (Å²) in [5, 5.41) is 0.0294. The number of hydrogen-bond acceptors (Lipinski definition) is 1. The molecule has 7 heteroatoms. The number of methoxy groups -OCH3 is 1. The molecule has 0 amide bonds. The first-order chi connectivity index (χ1) is 16.3. The second-order valence-electron chi connectivity index (χ2n) is 7.56. The molecule has 4 aromatic rings. The van der Waals surface area contributed by atoms with E-state index in [1.165, 1.54) is 37.4 Å². The molecular formula is C27H16F6O. The van der Waals surface area contributed by atoms with Gasteiger partial charge in [0, 0.05) is 28.6 Å². The van der Waals surface area contributed by atoms with Gasteiger partial charge in [0.1, 0.15) is 23.2 Å². The average Bonchev–Trinajstić information content (AvgIpc) is 2.81. The Morgan fingerprint density at radius 1 is 0.676 bits per heavy atom. The summed E-state index contributed by atoms with van der Waals surface area (Å²) in [6.07, 6.45) is 0.222. The van der Waals surface area contributed by atoms with Crippen LogP contribution in [0.1, 0.15) is 22.3 Å². The van der Waals surface area contributed by atoms with E-state index in [-0.39, 0.29) is 40.5 Å². The lowest BCUT2D eigenvalue weighted by Gasteiger charge is -2.08. The fourth-order valence-electron chi connectivity index (χ4n) is 3.54. The molecule has 0 unspecified atom stereocenters. The van der Waals surface area contributed by atoms with Crippen LogP contribution in [0.15, 0.2) is 54.6 Å². The second kappa shape index (κ2) is 9.52. The molecule has 0 fully saturated rings. The average molecular weight is 470 g/mol. The normalized spacial score (nSPS) is 10.8. The van der Waals surface area contributed by atoms with Crippen LogP contribution in [0.3, 0.4) is 0 Å². The van der Waals surface area contributed by atoms with Crippen molar-refractivity contribution in [3.8, 4) is 17.6 Å². The van der Waals surface area contributed by atoms with Crippen LogP contribution in [-0.4, -0.2) is 7.11 Å². The highest BCUT2D eigenvalue weighted by Gasteiger charge is 2.14. The van der Waals surface area contributed by atoms with Gasteiger partial charge in [0.15, 0.2) is 17.5 Å². The van der Waals surface area contributed by atoms with Crippen LogP contribution in [0.4, 0.5) is 26.3 Å². The van der Waals surface area contributed by atoms with Gasteiger partial charge < -0.3 is 4.74 Å². The molecule has 34 heavy (non-hydrogen) atoms. The van der Waals surface area contributed by atoms with Gasteiger partial charge in [-0.2, -0.15) is 0 Å². The molecule has 0 bridgehead atoms. The fourth-order valence-corrected chi connectivity index (χ4v) is 3.54. The highest BCUT2D eigenvalue weighted by Crippen LogP contribution is 2.25. The van der Waals surface area contributed by atoms with Gasteiger partial charge in [-0.05, 0) is 54.1 Å². The second-order valence-corrected chi connectivity index (χ2v) is 7.56. The number of aryl methyl sites for hydroxylation is 1. The predicted molar refractivity (Wildman–Crippen MR) is 117 cm³/mol. The molecule has 0 radical (unpaired) electrons. The third-order valence-electron chi connectivity index (χ3n) is 5.36. The Kier molecular flexibility index (Phi) is 6.51. The van der Waals surface area contributed by atoms with Crippen LogP contribution in [-0.2, 0) is 12.8 Å². The topological polar surface area (TPSA) is 9.23 Å². The summed E-state index contributed by atoms with van der Waals surface area (Å²) in [6.45, 7) is 0. The minimum Gasteiger partial charge on any atom is -0.497 e. The summed E-state index contributed by atoms with van der Waals surface area (Å²) in [5.74, 6) is -0.824. The van der Waals surface area contributed by atoms with E-state index in [9.17, 15) is 26.3 Å². The largest absolute Gasteiger partial charge is 0.497 e. The van der Waals surface area contributed by atoms with E-state index < -0.39 is 34.9 Å². The number of fused-ring (bicyclic) bond motifs is 1. The van der Waals surface area contributed by atoms with Gasteiger partial charge in [0.25, 0.3) is 0 Å². The summed E-state index contributed by atoms with van der Waals surface area (Å²) in [5.41, 5.74) is 0.833. The maximum absolute atomic E-state index is 14.5. The lowest BCUT2D eigenvalue weighted by Crippen LogP contribution is -2.01. The van der Waals surface area contributed by atoms with Crippen molar-refractivity contribution in [2.24, 2.45) is 0 Å². The standard InChI is InChI=1S/C27H16F6O/c1-34-19-13-23(29)21(24(30)14-19)9-5-16-3-7-17(22(28)11-16)6-2-15-4-8-20-18(10-15)12-25(31)27(33)26(20)32/h3-4,7-8,10-14H,5,9H2,1H3. The molecule has 0 N–H and O–H groups in total. The Bertz CT molecular complexity index is 1440. The van der Waals surface area contributed by atoms with Gasteiger partial charge in [0.2, 0.25) is 0 Å². The van der Waals surface area contributed by atoms with Crippen LogP contribution in [0.5, 0.6) is 5.75 Å². The van der Waals surface area contributed by atoms with E-state index in [0.717, 1.165) is 18.2 Å². The Balaban J connectivity index is 1.52. The third-order valence-corrected chi connectivity index (χ3v) is 5.36. The van der Waals surface area contributed by atoms with Crippen LogP contribution in [0.25, 0.3) is 10.8 Å². The van der Waals surface area contributed by atoms with Crippen molar-refractivity contribution >= 4 is 10.8 Å². The number of rotatable bonds is 4. The first-order valence-corrected chi connectivity index (χ1v) is 10.2. The van der Waals surface area contributed by atoms with Crippen LogP contribution >= 0.6 is 0 Å². The van der Waals surface area contributed by atoms with Crippen molar-refractivity contribution < 1.29 is 31.1 Å². The number of benzene rings is 4. The van der Waals surface area contributed by atoms with Crippen molar-refractivity contribution in [2.45, 2.75) is 12.8 Å². The Hall–Kier alpha value is -3.92. The fraction of sp³-hybridized carbons (Fsp3) is 0.111. The Morgan fingerprint density at radius 3 is 2.09 bits per heavy atom. The van der Waals surface area contributed by atoms with E-state index in [1.54, 1.807) is 6.07 Å². The molecule has 4 aromatic carbocycles. The summed E-state index contributed by atoms with van der Waals surface area (Å²) < 4.78 is 88.2. The molecule has 0 aliphatic rings. The lowest BCUT2D eigenvalue weighted by molar-refractivity contribution is 0.405. The van der Waals surface area contributed by atoms with Gasteiger partial charge in [-0.25, -0.2) is 26.3 Å². The molecule has 0 heterocycles. The zero-order valence-electron chi connectivity index (χ0n) is 17.8. The molecule has 0 saturated carbocycles. The molecular weight excluding hydrogens is 454 g/mol. The molecule has 0 aromatic heterocycles. The van der Waals surface area contributed by atoms with Crippen molar-refractivity contribution in [2.75, 3.05) is 7.11 Å². The van der Waals surface area contributed by atoms with Gasteiger partial charge in [-0.1, -0.05) is 24.0 Å². The van der Waals surface area contributed by atoms with Crippen molar-refractivity contribution in [1.29, 1.82) is 0 Å². The number of ether oxygens (including phenoxy) is 1. The van der Waals surface area contributed by atoms with Crippen LogP contribution in [0.2, 0.25) is 0 Å². The third kappa shape index (κ3) is 4.72. The molecule has 0 aliphatic heterocycles. The predicted octanol–water partition coefficient (Wildman–Crippen LogP) is 6.87. The lowest BCUT2D eigenvalue weighted by atomic mass is 10.0. The smallest absolute Gasteiger partial charge is 0.195 e. The monoisotopic (exact) mass is 470 g/mol. The van der Waals surface area contributed by atoms with Crippen molar-refractivity contribution in [3.05, 3.63) is 112 Å². The molecule has 4 rings (SSSR count). The van der Waals surface area contributed by atoms with Gasteiger partial charge >= 0.3 is 0 Å².